The lowest BCUT2D eigenvalue weighted by Gasteiger charge is -2.15. The van der Waals surface area contributed by atoms with Gasteiger partial charge in [-0.1, -0.05) is 24.3 Å². The van der Waals surface area contributed by atoms with Crippen molar-refractivity contribution in [2.45, 2.75) is 19.2 Å². The lowest BCUT2D eigenvalue weighted by Crippen LogP contribution is -2.31. The molecule has 1 aromatic carbocycles. The SMILES string of the molecule is COCC(CNCc1ccc(CN)cc1)OC. The Balaban J connectivity index is 2.29. The molecule has 0 spiro atoms. The Morgan fingerprint density at radius 1 is 1.18 bits per heavy atom. The van der Waals surface area contributed by atoms with E-state index in [4.69, 9.17) is 15.2 Å². The van der Waals surface area contributed by atoms with E-state index in [-0.39, 0.29) is 6.10 Å². The van der Waals surface area contributed by atoms with Gasteiger partial charge < -0.3 is 20.5 Å². The fourth-order valence-corrected chi connectivity index (χ4v) is 1.57. The van der Waals surface area contributed by atoms with Crippen molar-refractivity contribution in [1.82, 2.24) is 5.32 Å². The maximum absolute atomic E-state index is 5.55. The van der Waals surface area contributed by atoms with E-state index in [2.05, 4.69) is 29.6 Å². The third kappa shape index (κ3) is 5.28. The van der Waals surface area contributed by atoms with E-state index in [1.165, 1.54) is 5.56 Å². The smallest absolute Gasteiger partial charge is 0.0928 e. The Bertz CT molecular complexity index is 301. The van der Waals surface area contributed by atoms with Crippen LogP contribution in [0.5, 0.6) is 0 Å². The van der Waals surface area contributed by atoms with E-state index in [0.29, 0.717) is 13.2 Å². The first-order valence-electron chi connectivity index (χ1n) is 5.80. The van der Waals surface area contributed by atoms with Gasteiger partial charge in [-0.25, -0.2) is 0 Å². The van der Waals surface area contributed by atoms with E-state index in [1.807, 2.05) is 0 Å². The largest absolute Gasteiger partial charge is 0.382 e. The van der Waals surface area contributed by atoms with E-state index in [9.17, 15) is 0 Å². The van der Waals surface area contributed by atoms with Crippen LogP contribution in [0.1, 0.15) is 11.1 Å². The molecule has 3 N–H and O–H groups in total. The van der Waals surface area contributed by atoms with Gasteiger partial charge in [0.1, 0.15) is 0 Å². The van der Waals surface area contributed by atoms with Crippen molar-refractivity contribution < 1.29 is 9.47 Å². The highest BCUT2D eigenvalue weighted by Gasteiger charge is 2.05. The minimum atomic E-state index is 0.100. The van der Waals surface area contributed by atoms with Crippen molar-refractivity contribution in [3.05, 3.63) is 35.4 Å². The maximum Gasteiger partial charge on any atom is 0.0928 e. The number of hydrogen-bond donors (Lipinski definition) is 2. The molecule has 4 heteroatoms. The van der Waals surface area contributed by atoms with Crippen LogP contribution in [-0.2, 0) is 22.6 Å². The van der Waals surface area contributed by atoms with Gasteiger partial charge in [0.25, 0.3) is 0 Å². The molecule has 0 aliphatic carbocycles. The topological polar surface area (TPSA) is 56.5 Å². The summed E-state index contributed by atoms with van der Waals surface area (Å²) in [7, 11) is 3.37. The van der Waals surface area contributed by atoms with Crippen LogP contribution in [0, 0.1) is 0 Å². The maximum atomic E-state index is 5.55. The summed E-state index contributed by atoms with van der Waals surface area (Å²) in [5.74, 6) is 0. The second-order valence-electron chi connectivity index (χ2n) is 3.96. The lowest BCUT2D eigenvalue weighted by atomic mass is 10.1. The molecule has 0 saturated carbocycles. The quantitative estimate of drug-likeness (QED) is 0.706. The molecular formula is C13H22N2O2. The summed E-state index contributed by atoms with van der Waals surface area (Å²) in [5, 5.41) is 3.34. The molecule has 0 saturated heterocycles. The van der Waals surface area contributed by atoms with Crippen molar-refractivity contribution in [3.63, 3.8) is 0 Å². The first-order chi connectivity index (χ1) is 8.30. The lowest BCUT2D eigenvalue weighted by molar-refractivity contribution is 0.0288. The van der Waals surface area contributed by atoms with Crippen molar-refractivity contribution in [1.29, 1.82) is 0 Å². The van der Waals surface area contributed by atoms with Gasteiger partial charge in [-0.15, -0.1) is 0 Å². The van der Waals surface area contributed by atoms with Crippen LogP contribution in [0.15, 0.2) is 24.3 Å². The van der Waals surface area contributed by atoms with Crippen LogP contribution in [0.25, 0.3) is 0 Å². The minimum absolute atomic E-state index is 0.100. The van der Waals surface area contributed by atoms with Gasteiger partial charge in [0.2, 0.25) is 0 Å². The summed E-state index contributed by atoms with van der Waals surface area (Å²) in [4.78, 5) is 0. The molecule has 0 heterocycles. The number of ether oxygens (including phenoxy) is 2. The van der Waals surface area contributed by atoms with Gasteiger partial charge in [-0.3, -0.25) is 0 Å². The van der Waals surface area contributed by atoms with Gasteiger partial charge in [0, 0.05) is 33.9 Å². The Morgan fingerprint density at radius 3 is 2.35 bits per heavy atom. The van der Waals surface area contributed by atoms with E-state index < -0.39 is 0 Å². The highest BCUT2D eigenvalue weighted by Crippen LogP contribution is 2.03. The Morgan fingerprint density at radius 2 is 1.82 bits per heavy atom. The highest BCUT2D eigenvalue weighted by atomic mass is 16.5. The van der Waals surface area contributed by atoms with E-state index in [0.717, 1.165) is 18.7 Å². The molecule has 1 atom stereocenters. The van der Waals surface area contributed by atoms with Crippen molar-refractivity contribution in [2.75, 3.05) is 27.4 Å². The molecule has 1 rings (SSSR count). The van der Waals surface area contributed by atoms with Crippen LogP contribution < -0.4 is 11.1 Å². The number of methoxy groups -OCH3 is 2. The predicted molar refractivity (Wildman–Crippen MR) is 68.7 cm³/mol. The van der Waals surface area contributed by atoms with Crippen LogP contribution in [0.3, 0.4) is 0 Å². The van der Waals surface area contributed by atoms with Gasteiger partial charge in [-0.2, -0.15) is 0 Å². The molecule has 0 fully saturated rings. The zero-order chi connectivity index (χ0) is 12.5. The van der Waals surface area contributed by atoms with Gasteiger partial charge in [0.05, 0.1) is 12.7 Å². The monoisotopic (exact) mass is 238 g/mol. The number of hydrogen-bond acceptors (Lipinski definition) is 4. The minimum Gasteiger partial charge on any atom is -0.382 e. The summed E-state index contributed by atoms with van der Waals surface area (Å²) >= 11 is 0. The fraction of sp³-hybridized carbons (Fsp3) is 0.538. The summed E-state index contributed by atoms with van der Waals surface area (Å²) in [6.45, 7) is 2.81. The molecule has 17 heavy (non-hydrogen) atoms. The third-order valence-electron chi connectivity index (χ3n) is 2.65. The number of nitrogens with one attached hydrogen (secondary N) is 1. The van der Waals surface area contributed by atoms with Crippen molar-refractivity contribution >= 4 is 0 Å². The molecule has 0 aliphatic heterocycles. The molecule has 0 amide bonds. The summed E-state index contributed by atoms with van der Waals surface area (Å²) in [5.41, 5.74) is 7.95. The average molecular weight is 238 g/mol. The average Bonchev–Trinajstić information content (AvgIpc) is 2.38. The summed E-state index contributed by atoms with van der Waals surface area (Å²) < 4.78 is 10.3. The molecule has 1 aromatic rings. The van der Waals surface area contributed by atoms with Gasteiger partial charge in [-0.05, 0) is 11.1 Å². The van der Waals surface area contributed by atoms with Crippen LogP contribution in [0.2, 0.25) is 0 Å². The molecule has 0 aliphatic rings. The zero-order valence-corrected chi connectivity index (χ0v) is 10.6. The van der Waals surface area contributed by atoms with E-state index >= 15 is 0 Å². The van der Waals surface area contributed by atoms with E-state index in [1.54, 1.807) is 14.2 Å². The predicted octanol–water partition coefficient (Wildman–Crippen LogP) is 0.896. The number of nitrogens with two attached hydrogens (primary N) is 1. The molecular weight excluding hydrogens is 216 g/mol. The summed E-state index contributed by atoms with van der Waals surface area (Å²) in [6, 6.07) is 8.29. The molecule has 4 nitrogen and oxygen atoms in total. The Hall–Kier alpha value is -0.940. The second-order valence-corrected chi connectivity index (χ2v) is 3.96. The molecule has 96 valence electrons. The summed E-state index contributed by atoms with van der Waals surface area (Å²) in [6.07, 6.45) is 0.100. The van der Waals surface area contributed by atoms with Crippen molar-refractivity contribution in [2.24, 2.45) is 5.73 Å². The Kier molecular flexibility index (Phi) is 6.81. The molecule has 0 radical (unpaired) electrons. The first-order valence-corrected chi connectivity index (χ1v) is 5.80. The van der Waals surface area contributed by atoms with Gasteiger partial charge >= 0.3 is 0 Å². The molecule has 0 aromatic heterocycles. The Labute approximate surface area is 103 Å². The molecule has 0 bridgehead atoms. The van der Waals surface area contributed by atoms with Crippen LogP contribution >= 0.6 is 0 Å². The highest BCUT2D eigenvalue weighted by molar-refractivity contribution is 5.22. The van der Waals surface area contributed by atoms with Crippen molar-refractivity contribution in [3.8, 4) is 0 Å². The standard InChI is InChI=1S/C13H22N2O2/c1-16-10-13(17-2)9-15-8-12-5-3-11(7-14)4-6-12/h3-6,13,15H,7-10,14H2,1-2H3. The van der Waals surface area contributed by atoms with Crippen LogP contribution in [0.4, 0.5) is 0 Å². The number of rotatable bonds is 8. The first kappa shape index (κ1) is 14.1. The zero-order valence-electron chi connectivity index (χ0n) is 10.6. The third-order valence-corrected chi connectivity index (χ3v) is 2.65. The fourth-order valence-electron chi connectivity index (χ4n) is 1.57. The number of benzene rings is 1. The van der Waals surface area contributed by atoms with Crippen LogP contribution in [-0.4, -0.2) is 33.5 Å². The second kappa shape index (κ2) is 8.20. The molecule has 1 unspecified atom stereocenters. The normalized spacial score (nSPS) is 12.6. The van der Waals surface area contributed by atoms with Gasteiger partial charge in [0.15, 0.2) is 0 Å².